The third kappa shape index (κ3) is 3.27. The molecule has 3 rings (SSSR count). The van der Waals surface area contributed by atoms with Crippen molar-refractivity contribution < 1.29 is 19.1 Å². The summed E-state index contributed by atoms with van der Waals surface area (Å²) >= 11 is 0. The molecule has 1 saturated carbocycles. The van der Waals surface area contributed by atoms with Gasteiger partial charge in [0.05, 0.1) is 11.6 Å². The molecule has 1 unspecified atom stereocenters. The van der Waals surface area contributed by atoms with Crippen LogP contribution in [0.25, 0.3) is 0 Å². The van der Waals surface area contributed by atoms with E-state index in [9.17, 15) is 19.1 Å². The zero-order valence-corrected chi connectivity index (χ0v) is 14.5. The number of carboxylic acids is 1. The van der Waals surface area contributed by atoms with Crippen molar-refractivity contribution >= 4 is 11.9 Å². The maximum Gasteiger partial charge on any atom is 0.336 e. The summed E-state index contributed by atoms with van der Waals surface area (Å²) in [6, 6.07) is 3.68. The number of rotatable bonds is 4. The van der Waals surface area contributed by atoms with Crippen LogP contribution < -0.4 is 5.73 Å². The molecule has 0 spiro atoms. The quantitative estimate of drug-likeness (QED) is 0.876. The molecule has 1 heterocycles. The van der Waals surface area contributed by atoms with E-state index in [1.165, 1.54) is 24.6 Å². The number of hydrogen-bond acceptors (Lipinski definition) is 3. The fraction of sp³-hybridized carbons (Fsp3) is 0.579. The largest absolute Gasteiger partial charge is 0.478 e. The Morgan fingerprint density at radius 2 is 1.92 bits per heavy atom. The standard InChI is InChI=1S/C19H25FN2O3/c1-22-10-13(16-12(19(24)25)8-5-9-14(16)20)15(17(22)18(21)23)11-6-3-2-4-7-11/h5,8-9,11,13,15,17H,2-4,6-7,10H2,1H3,(H2,21,23)(H,24,25)/t13?,15-,17+/m1/s1. The summed E-state index contributed by atoms with van der Waals surface area (Å²) in [6.07, 6.45) is 5.31. The molecular formula is C19H25FN2O3. The maximum atomic E-state index is 14.7. The van der Waals surface area contributed by atoms with Gasteiger partial charge >= 0.3 is 5.97 Å². The number of amides is 1. The molecule has 0 bridgehead atoms. The molecule has 2 fully saturated rings. The van der Waals surface area contributed by atoms with E-state index in [4.69, 9.17) is 5.73 Å². The lowest BCUT2D eigenvalue weighted by atomic mass is 9.70. The number of aromatic carboxylic acids is 1. The Hall–Kier alpha value is -1.95. The monoisotopic (exact) mass is 348 g/mol. The normalized spacial score (nSPS) is 28.2. The minimum Gasteiger partial charge on any atom is -0.478 e. The molecule has 0 aromatic heterocycles. The number of likely N-dealkylation sites (tertiary alicyclic amines) is 1. The summed E-state index contributed by atoms with van der Waals surface area (Å²) in [5.41, 5.74) is 5.88. The Labute approximate surface area is 147 Å². The molecule has 5 nitrogen and oxygen atoms in total. The van der Waals surface area contributed by atoms with E-state index in [0.717, 1.165) is 25.7 Å². The fourth-order valence-corrected chi connectivity index (χ4v) is 4.96. The van der Waals surface area contributed by atoms with Crippen LogP contribution in [-0.2, 0) is 4.79 Å². The first-order valence-electron chi connectivity index (χ1n) is 8.93. The highest BCUT2D eigenvalue weighted by molar-refractivity contribution is 5.90. The molecule has 2 aliphatic rings. The molecule has 1 saturated heterocycles. The van der Waals surface area contributed by atoms with Crippen LogP contribution in [0.1, 0.15) is 53.9 Å². The molecule has 6 heteroatoms. The van der Waals surface area contributed by atoms with E-state index in [-0.39, 0.29) is 28.9 Å². The SMILES string of the molecule is CN1CC(c2c(F)cccc2C(=O)O)[C@@H](C2CCCCC2)[C@H]1C(N)=O. The van der Waals surface area contributed by atoms with Gasteiger partial charge in [0.15, 0.2) is 0 Å². The lowest BCUT2D eigenvalue weighted by molar-refractivity contribution is -0.123. The van der Waals surface area contributed by atoms with Gasteiger partial charge in [-0.25, -0.2) is 9.18 Å². The van der Waals surface area contributed by atoms with Gasteiger partial charge in [0, 0.05) is 18.0 Å². The Balaban J connectivity index is 2.07. The summed E-state index contributed by atoms with van der Waals surface area (Å²) in [4.78, 5) is 25.6. The number of carbonyl (C=O) groups excluding carboxylic acids is 1. The third-order valence-corrected chi connectivity index (χ3v) is 5.93. The number of nitrogens with two attached hydrogens (primary N) is 1. The van der Waals surface area contributed by atoms with Crippen LogP contribution in [0.4, 0.5) is 4.39 Å². The van der Waals surface area contributed by atoms with Crippen LogP contribution in [0, 0.1) is 17.7 Å². The number of primary amides is 1. The van der Waals surface area contributed by atoms with Crippen LogP contribution >= 0.6 is 0 Å². The van der Waals surface area contributed by atoms with Crippen LogP contribution in [0.2, 0.25) is 0 Å². The number of benzene rings is 1. The summed E-state index contributed by atoms with van der Waals surface area (Å²) in [7, 11) is 1.81. The third-order valence-electron chi connectivity index (χ3n) is 5.93. The van der Waals surface area contributed by atoms with Crippen LogP contribution in [0.5, 0.6) is 0 Å². The Morgan fingerprint density at radius 3 is 2.52 bits per heavy atom. The average Bonchev–Trinajstić information content (AvgIpc) is 2.92. The molecule has 136 valence electrons. The first-order valence-corrected chi connectivity index (χ1v) is 8.93. The summed E-state index contributed by atoms with van der Waals surface area (Å²) < 4.78 is 14.7. The van der Waals surface area contributed by atoms with Crippen molar-refractivity contribution in [1.82, 2.24) is 4.90 Å². The van der Waals surface area contributed by atoms with Crippen LogP contribution in [-0.4, -0.2) is 41.5 Å². The summed E-state index contributed by atoms with van der Waals surface area (Å²) in [5.74, 6) is -2.27. The van der Waals surface area contributed by atoms with E-state index in [2.05, 4.69) is 0 Å². The van der Waals surface area contributed by atoms with Gasteiger partial charge in [0.25, 0.3) is 0 Å². The van der Waals surface area contributed by atoms with Gasteiger partial charge in [-0.15, -0.1) is 0 Å². The average molecular weight is 348 g/mol. The molecule has 1 aliphatic heterocycles. The lowest BCUT2D eigenvalue weighted by Gasteiger charge is -2.34. The molecule has 3 atom stereocenters. The highest BCUT2D eigenvalue weighted by Crippen LogP contribution is 2.47. The van der Waals surface area contributed by atoms with E-state index in [1.54, 1.807) is 0 Å². The summed E-state index contributed by atoms with van der Waals surface area (Å²) in [5, 5.41) is 9.52. The molecule has 25 heavy (non-hydrogen) atoms. The number of carbonyl (C=O) groups is 2. The second-order valence-electron chi connectivity index (χ2n) is 7.37. The second-order valence-corrected chi connectivity index (χ2v) is 7.37. The molecule has 1 aromatic rings. The number of nitrogens with zero attached hydrogens (tertiary/aromatic N) is 1. The number of halogens is 1. The Bertz CT molecular complexity index is 673. The topological polar surface area (TPSA) is 83.6 Å². The molecule has 3 N–H and O–H groups in total. The zero-order valence-electron chi connectivity index (χ0n) is 14.5. The van der Waals surface area contributed by atoms with Gasteiger partial charge in [-0.1, -0.05) is 38.2 Å². The van der Waals surface area contributed by atoms with Crippen molar-refractivity contribution in [3.05, 3.63) is 35.1 Å². The molecule has 1 aromatic carbocycles. The zero-order chi connectivity index (χ0) is 18.1. The van der Waals surface area contributed by atoms with Crippen molar-refractivity contribution in [1.29, 1.82) is 0 Å². The molecule has 1 aliphatic carbocycles. The first-order chi connectivity index (χ1) is 11.9. The predicted octanol–water partition coefficient (Wildman–Crippen LogP) is 2.60. The van der Waals surface area contributed by atoms with Gasteiger partial charge in [0.2, 0.25) is 5.91 Å². The maximum absolute atomic E-state index is 14.7. The van der Waals surface area contributed by atoms with Crippen LogP contribution in [0.15, 0.2) is 18.2 Å². The number of likely N-dealkylation sites (N-methyl/N-ethyl adjacent to an activating group) is 1. The van der Waals surface area contributed by atoms with Crippen molar-refractivity contribution in [3.8, 4) is 0 Å². The smallest absolute Gasteiger partial charge is 0.336 e. The van der Waals surface area contributed by atoms with Gasteiger partial charge in [-0.3, -0.25) is 9.69 Å². The number of carboxylic acid groups (broad SMARTS) is 1. The number of hydrogen-bond donors (Lipinski definition) is 2. The predicted molar refractivity (Wildman–Crippen MR) is 91.8 cm³/mol. The molecule has 1 amide bonds. The highest BCUT2D eigenvalue weighted by atomic mass is 19.1. The fourth-order valence-electron chi connectivity index (χ4n) is 4.96. The van der Waals surface area contributed by atoms with E-state index in [1.807, 2.05) is 11.9 Å². The van der Waals surface area contributed by atoms with E-state index in [0.29, 0.717) is 6.54 Å². The van der Waals surface area contributed by atoms with Gasteiger partial charge in [-0.05, 0) is 31.0 Å². The lowest BCUT2D eigenvalue weighted by Crippen LogP contribution is -2.44. The van der Waals surface area contributed by atoms with Crippen LogP contribution in [0.3, 0.4) is 0 Å². The van der Waals surface area contributed by atoms with Crippen molar-refractivity contribution in [2.45, 2.75) is 44.1 Å². The van der Waals surface area contributed by atoms with Crippen molar-refractivity contribution in [2.24, 2.45) is 17.6 Å². The first kappa shape index (κ1) is 17.9. The molecule has 0 radical (unpaired) electrons. The molecular weight excluding hydrogens is 323 g/mol. The summed E-state index contributed by atoms with van der Waals surface area (Å²) in [6.45, 7) is 0.440. The second kappa shape index (κ2) is 7.12. The highest BCUT2D eigenvalue weighted by Gasteiger charge is 2.48. The Kier molecular flexibility index (Phi) is 5.08. The van der Waals surface area contributed by atoms with Gasteiger partial charge < -0.3 is 10.8 Å². The van der Waals surface area contributed by atoms with Gasteiger partial charge in [-0.2, -0.15) is 0 Å². The Morgan fingerprint density at radius 1 is 1.24 bits per heavy atom. The van der Waals surface area contributed by atoms with E-state index >= 15 is 0 Å². The van der Waals surface area contributed by atoms with Gasteiger partial charge in [0.1, 0.15) is 5.82 Å². The minimum absolute atomic E-state index is 0.00988. The van der Waals surface area contributed by atoms with Crippen molar-refractivity contribution in [2.75, 3.05) is 13.6 Å². The minimum atomic E-state index is -1.14. The van der Waals surface area contributed by atoms with Crippen molar-refractivity contribution in [3.63, 3.8) is 0 Å². The van der Waals surface area contributed by atoms with E-state index < -0.39 is 23.7 Å².